The molecule has 0 fully saturated rings. The van der Waals surface area contributed by atoms with E-state index in [1.807, 2.05) is 17.5 Å². The van der Waals surface area contributed by atoms with Gasteiger partial charge in [-0.1, -0.05) is 11.3 Å². The molecule has 0 bridgehead atoms. The number of aliphatic hydroxyl groups excluding tert-OH is 1. The highest BCUT2D eigenvalue weighted by Gasteiger charge is 2.14. The molecule has 0 amide bonds. The first kappa shape index (κ1) is 12.7. The molecule has 0 aromatic carbocycles. The average molecular weight is 267 g/mol. The summed E-state index contributed by atoms with van der Waals surface area (Å²) in [6.45, 7) is 2.28. The van der Waals surface area contributed by atoms with Crippen molar-refractivity contribution in [1.29, 1.82) is 0 Å². The van der Waals surface area contributed by atoms with Crippen molar-refractivity contribution in [2.24, 2.45) is 0 Å². The Kier molecular flexibility index (Phi) is 4.06. The lowest BCUT2D eigenvalue weighted by Crippen LogP contribution is -2.08. The van der Waals surface area contributed by atoms with Crippen molar-refractivity contribution in [1.82, 2.24) is 15.0 Å². The Morgan fingerprint density at radius 3 is 3.17 bits per heavy atom. The molecule has 2 rings (SSSR count). The van der Waals surface area contributed by atoms with Crippen LogP contribution in [0.2, 0.25) is 0 Å². The quantitative estimate of drug-likeness (QED) is 0.825. The number of carbonyl (C=O) groups is 1. The Hall–Kier alpha value is -1.73. The van der Waals surface area contributed by atoms with Crippen LogP contribution in [0.25, 0.3) is 0 Å². The van der Waals surface area contributed by atoms with Gasteiger partial charge in [0.2, 0.25) is 0 Å². The molecule has 0 saturated heterocycles. The molecule has 0 aliphatic rings. The first-order valence-corrected chi connectivity index (χ1v) is 6.37. The predicted molar refractivity (Wildman–Crippen MR) is 65.3 cm³/mol. The summed E-state index contributed by atoms with van der Waals surface area (Å²) >= 11 is 1.47. The van der Waals surface area contributed by atoms with Crippen LogP contribution in [0.15, 0.2) is 23.7 Å². The molecule has 1 atom stereocenters. The van der Waals surface area contributed by atoms with Crippen molar-refractivity contribution >= 4 is 17.3 Å². The molecule has 0 aliphatic heterocycles. The normalized spacial score (nSPS) is 12.3. The molecule has 0 spiro atoms. The van der Waals surface area contributed by atoms with Gasteiger partial charge in [-0.3, -0.25) is 0 Å². The minimum Gasteiger partial charge on any atom is -0.461 e. The van der Waals surface area contributed by atoms with Gasteiger partial charge in [0.15, 0.2) is 5.69 Å². The third kappa shape index (κ3) is 2.93. The number of nitrogens with zero attached hydrogens (tertiary/aromatic N) is 3. The summed E-state index contributed by atoms with van der Waals surface area (Å²) in [5, 5.41) is 19.3. The van der Waals surface area contributed by atoms with Crippen molar-refractivity contribution in [3.63, 3.8) is 0 Å². The Bertz CT molecular complexity index is 509. The minimum absolute atomic E-state index is 0.148. The topological polar surface area (TPSA) is 77.2 Å². The highest BCUT2D eigenvalue weighted by atomic mass is 32.1. The second-order valence-corrected chi connectivity index (χ2v) is 4.56. The van der Waals surface area contributed by atoms with Gasteiger partial charge >= 0.3 is 5.97 Å². The summed E-state index contributed by atoms with van der Waals surface area (Å²) in [5.74, 6) is -0.505. The number of rotatable bonds is 5. The SMILES string of the molecule is CCOC(=O)c1cn(C[C@@H](O)c2cccs2)nn1. The third-order valence-electron chi connectivity index (χ3n) is 2.25. The highest BCUT2D eigenvalue weighted by Crippen LogP contribution is 2.19. The molecule has 2 aromatic heterocycles. The maximum absolute atomic E-state index is 11.4. The van der Waals surface area contributed by atoms with Crippen LogP contribution in [0, 0.1) is 0 Å². The van der Waals surface area contributed by atoms with Gasteiger partial charge in [0.25, 0.3) is 0 Å². The van der Waals surface area contributed by atoms with Gasteiger partial charge < -0.3 is 9.84 Å². The minimum atomic E-state index is -0.651. The van der Waals surface area contributed by atoms with E-state index in [1.54, 1.807) is 6.92 Å². The third-order valence-corrected chi connectivity index (χ3v) is 3.23. The Morgan fingerprint density at radius 1 is 1.67 bits per heavy atom. The number of hydrogen-bond donors (Lipinski definition) is 1. The largest absolute Gasteiger partial charge is 0.461 e. The zero-order valence-electron chi connectivity index (χ0n) is 9.81. The molecule has 0 saturated carbocycles. The smallest absolute Gasteiger partial charge is 0.360 e. The fraction of sp³-hybridized carbons (Fsp3) is 0.364. The molecule has 1 N–H and O–H groups in total. The van der Waals surface area contributed by atoms with Gasteiger partial charge in [-0.15, -0.1) is 16.4 Å². The molecule has 96 valence electrons. The monoisotopic (exact) mass is 267 g/mol. The Morgan fingerprint density at radius 2 is 2.50 bits per heavy atom. The van der Waals surface area contributed by atoms with E-state index in [0.717, 1.165) is 4.88 Å². The standard InChI is InChI=1S/C11H13N3O3S/c1-2-17-11(16)8-6-14(13-12-8)7-9(15)10-4-3-5-18-10/h3-6,9,15H,2,7H2,1H3/t9-/m1/s1. The molecule has 0 unspecified atom stereocenters. The van der Waals surface area contributed by atoms with Crippen LogP contribution in [-0.2, 0) is 11.3 Å². The van der Waals surface area contributed by atoms with Gasteiger partial charge in [-0.2, -0.15) is 0 Å². The summed E-state index contributed by atoms with van der Waals surface area (Å²) in [5.41, 5.74) is 0.148. The van der Waals surface area contributed by atoms with Gasteiger partial charge in [0, 0.05) is 4.88 Å². The van der Waals surface area contributed by atoms with Crippen LogP contribution < -0.4 is 0 Å². The van der Waals surface area contributed by atoms with E-state index in [4.69, 9.17) is 4.74 Å². The van der Waals surface area contributed by atoms with E-state index < -0.39 is 12.1 Å². The lowest BCUT2D eigenvalue weighted by molar-refractivity contribution is 0.0519. The lowest BCUT2D eigenvalue weighted by Gasteiger charge is -2.07. The number of ether oxygens (including phenoxy) is 1. The van der Waals surface area contributed by atoms with Crippen molar-refractivity contribution in [2.45, 2.75) is 19.6 Å². The van der Waals surface area contributed by atoms with E-state index >= 15 is 0 Å². The van der Waals surface area contributed by atoms with E-state index in [-0.39, 0.29) is 12.2 Å². The summed E-state index contributed by atoms with van der Waals surface area (Å²) in [6, 6.07) is 3.72. The summed E-state index contributed by atoms with van der Waals surface area (Å²) in [6.07, 6.45) is 0.816. The Labute approximate surface area is 108 Å². The molecular weight excluding hydrogens is 254 g/mol. The number of hydrogen-bond acceptors (Lipinski definition) is 6. The number of esters is 1. The number of carbonyl (C=O) groups excluding carboxylic acids is 1. The number of aromatic nitrogens is 3. The average Bonchev–Trinajstić information content (AvgIpc) is 2.99. The van der Waals surface area contributed by atoms with Crippen molar-refractivity contribution < 1.29 is 14.6 Å². The van der Waals surface area contributed by atoms with Crippen LogP contribution in [0.1, 0.15) is 28.4 Å². The van der Waals surface area contributed by atoms with Crippen LogP contribution in [-0.4, -0.2) is 32.7 Å². The van der Waals surface area contributed by atoms with E-state index in [2.05, 4.69) is 10.3 Å². The maximum Gasteiger partial charge on any atom is 0.360 e. The summed E-state index contributed by atoms with van der Waals surface area (Å²) in [4.78, 5) is 12.2. The molecule has 18 heavy (non-hydrogen) atoms. The molecule has 2 heterocycles. The summed E-state index contributed by atoms with van der Waals surface area (Å²) < 4.78 is 6.23. The predicted octanol–water partition coefficient (Wildman–Crippen LogP) is 1.25. The highest BCUT2D eigenvalue weighted by molar-refractivity contribution is 7.10. The van der Waals surface area contributed by atoms with Gasteiger partial charge in [0.1, 0.15) is 6.10 Å². The molecule has 0 radical (unpaired) electrons. The molecule has 7 heteroatoms. The van der Waals surface area contributed by atoms with Gasteiger partial charge in [-0.25, -0.2) is 9.48 Å². The first-order valence-electron chi connectivity index (χ1n) is 5.49. The van der Waals surface area contributed by atoms with Gasteiger partial charge in [0.05, 0.1) is 19.3 Å². The lowest BCUT2D eigenvalue weighted by atomic mass is 10.3. The Balaban J connectivity index is 2.00. The second-order valence-electron chi connectivity index (χ2n) is 3.58. The first-order chi connectivity index (χ1) is 8.70. The fourth-order valence-electron chi connectivity index (χ4n) is 1.43. The molecular formula is C11H13N3O3S. The van der Waals surface area contributed by atoms with Crippen LogP contribution in [0.3, 0.4) is 0 Å². The maximum atomic E-state index is 11.4. The van der Waals surface area contributed by atoms with Crippen molar-refractivity contribution in [3.8, 4) is 0 Å². The zero-order chi connectivity index (χ0) is 13.0. The van der Waals surface area contributed by atoms with Crippen LogP contribution >= 0.6 is 11.3 Å². The summed E-state index contributed by atoms with van der Waals surface area (Å²) in [7, 11) is 0. The van der Waals surface area contributed by atoms with Gasteiger partial charge in [-0.05, 0) is 18.4 Å². The van der Waals surface area contributed by atoms with E-state index in [0.29, 0.717) is 6.61 Å². The van der Waals surface area contributed by atoms with E-state index in [1.165, 1.54) is 22.2 Å². The fourth-order valence-corrected chi connectivity index (χ4v) is 2.14. The molecule has 6 nitrogen and oxygen atoms in total. The number of thiophene rings is 1. The van der Waals surface area contributed by atoms with Crippen LogP contribution in [0.5, 0.6) is 0 Å². The number of aliphatic hydroxyl groups is 1. The zero-order valence-corrected chi connectivity index (χ0v) is 10.6. The van der Waals surface area contributed by atoms with Crippen LogP contribution in [0.4, 0.5) is 0 Å². The second kappa shape index (κ2) is 5.74. The van der Waals surface area contributed by atoms with Crippen molar-refractivity contribution in [3.05, 3.63) is 34.3 Å². The van der Waals surface area contributed by atoms with Crippen molar-refractivity contribution in [2.75, 3.05) is 6.61 Å². The molecule has 0 aliphatic carbocycles. The van der Waals surface area contributed by atoms with E-state index in [9.17, 15) is 9.90 Å². The molecule has 2 aromatic rings.